The third kappa shape index (κ3) is 4.43. The highest BCUT2D eigenvalue weighted by molar-refractivity contribution is 7.89. The number of hydrogen-bond donors (Lipinski definition) is 1. The van der Waals surface area contributed by atoms with E-state index >= 15 is 0 Å². The minimum atomic E-state index is -4.16. The molecule has 0 fully saturated rings. The number of hydrogen-bond acceptors (Lipinski definition) is 5. The van der Waals surface area contributed by atoms with Crippen molar-refractivity contribution < 1.29 is 18.2 Å². The van der Waals surface area contributed by atoms with Crippen LogP contribution in [0.3, 0.4) is 0 Å². The molecule has 0 amide bonds. The lowest BCUT2D eigenvalue weighted by Gasteiger charge is -2.19. The van der Waals surface area contributed by atoms with Crippen LogP contribution in [0.5, 0.6) is 0 Å². The molecule has 0 radical (unpaired) electrons. The van der Waals surface area contributed by atoms with Crippen molar-refractivity contribution in [1.29, 1.82) is 0 Å². The summed E-state index contributed by atoms with van der Waals surface area (Å²) in [7, 11) is -4.16. The van der Waals surface area contributed by atoms with E-state index in [2.05, 4.69) is 0 Å². The molecule has 0 atom stereocenters. The lowest BCUT2D eigenvalue weighted by Crippen LogP contribution is -2.33. The van der Waals surface area contributed by atoms with Crippen LogP contribution in [0.15, 0.2) is 23.1 Å². The third-order valence-electron chi connectivity index (χ3n) is 1.86. The van der Waals surface area contributed by atoms with E-state index in [-0.39, 0.29) is 5.02 Å². The molecule has 0 bridgehead atoms. The fourth-order valence-electron chi connectivity index (χ4n) is 1.09. The number of halogens is 1. The molecular formula is C10H13ClN2O5S. The summed E-state index contributed by atoms with van der Waals surface area (Å²) >= 11 is 5.61. The van der Waals surface area contributed by atoms with E-state index in [1.165, 1.54) is 6.07 Å². The first kappa shape index (κ1) is 15.8. The SMILES string of the molecule is CC(C)(C)ONS(=O)(=O)c1ccc(Cl)cc1[N+](=O)[O-]. The number of nitro benzene ring substituents is 1. The molecule has 0 aromatic heterocycles. The van der Waals surface area contributed by atoms with Crippen LogP contribution in [0.2, 0.25) is 5.02 Å². The summed E-state index contributed by atoms with van der Waals surface area (Å²) in [5, 5.41) is 10.9. The van der Waals surface area contributed by atoms with Gasteiger partial charge in [0.1, 0.15) is 0 Å². The van der Waals surface area contributed by atoms with Crippen molar-refractivity contribution in [1.82, 2.24) is 4.89 Å². The van der Waals surface area contributed by atoms with Crippen LogP contribution in [-0.2, 0) is 14.9 Å². The van der Waals surface area contributed by atoms with Gasteiger partial charge in [0.05, 0.1) is 10.5 Å². The van der Waals surface area contributed by atoms with Crippen molar-refractivity contribution in [2.75, 3.05) is 0 Å². The predicted molar refractivity (Wildman–Crippen MR) is 69.3 cm³/mol. The van der Waals surface area contributed by atoms with Crippen LogP contribution in [0.25, 0.3) is 0 Å². The van der Waals surface area contributed by atoms with Crippen LogP contribution in [0.1, 0.15) is 20.8 Å². The molecule has 106 valence electrons. The molecule has 0 heterocycles. The zero-order valence-corrected chi connectivity index (χ0v) is 12.1. The molecule has 9 heteroatoms. The van der Waals surface area contributed by atoms with Gasteiger partial charge in [0.2, 0.25) is 0 Å². The Morgan fingerprint density at radius 3 is 2.42 bits per heavy atom. The van der Waals surface area contributed by atoms with Gasteiger partial charge >= 0.3 is 0 Å². The van der Waals surface area contributed by atoms with E-state index in [0.717, 1.165) is 12.1 Å². The lowest BCUT2D eigenvalue weighted by atomic mass is 10.2. The molecule has 0 spiro atoms. The van der Waals surface area contributed by atoms with Crippen LogP contribution in [0.4, 0.5) is 5.69 Å². The highest BCUT2D eigenvalue weighted by Crippen LogP contribution is 2.27. The van der Waals surface area contributed by atoms with Crippen molar-refractivity contribution >= 4 is 27.3 Å². The van der Waals surface area contributed by atoms with Crippen LogP contribution in [-0.4, -0.2) is 18.9 Å². The summed E-state index contributed by atoms with van der Waals surface area (Å²) < 4.78 is 23.9. The monoisotopic (exact) mass is 308 g/mol. The summed E-state index contributed by atoms with van der Waals surface area (Å²) in [4.78, 5) is 16.3. The fourth-order valence-corrected chi connectivity index (χ4v) is 2.36. The van der Waals surface area contributed by atoms with Crippen molar-refractivity contribution in [2.45, 2.75) is 31.3 Å². The Morgan fingerprint density at radius 2 is 1.95 bits per heavy atom. The van der Waals surface area contributed by atoms with E-state index in [4.69, 9.17) is 16.4 Å². The second kappa shape index (κ2) is 5.41. The van der Waals surface area contributed by atoms with Gasteiger partial charge in [-0.2, -0.15) is 0 Å². The van der Waals surface area contributed by atoms with Gasteiger partial charge in [0.25, 0.3) is 15.7 Å². The maximum absolute atomic E-state index is 11.9. The first-order chi connectivity index (χ1) is 8.53. The fraction of sp³-hybridized carbons (Fsp3) is 0.400. The van der Waals surface area contributed by atoms with Gasteiger partial charge in [0.15, 0.2) is 4.90 Å². The van der Waals surface area contributed by atoms with Crippen LogP contribution < -0.4 is 4.89 Å². The Bertz CT molecular complexity index is 594. The normalized spacial score (nSPS) is 12.4. The van der Waals surface area contributed by atoms with Crippen molar-refractivity contribution in [3.8, 4) is 0 Å². The molecule has 7 nitrogen and oxygen atoms in total. The summed E-state index contributed by atoms with van der Waals surface area (Å²) in [6, 6.07) is 3.27. The van der Waals surface area contributed by atoms with E-state index in [1.807, 2.05) is 4.89 Å². The zero-order valence-electron chi connectivity index (χ0n) is 10.5. The van der Waals surface area contributed by atoms with Crippen LogP contribution in [0, 0.1) is 10.1 Å². The van der Waals surface area contributed by atoms with E-state index in [1.54, 1.807) is 20.8 Å². The maximum Gasteiger partial charge on any atom is 0.290 e. The first-order valence-corrected chi connectivity index (χ1v) is 7.03. The van der Waals surface area contributed by atoms with Gasteiger partial charge in [-0.25, -0.2) is 8.42 Å². The minimum absolute atomic E-state index is 0.0717. The Kier molecular flexibility index (Phi) is 4.51. The molecule has 0 aliphatic heterocycles. The number of nitrogens with zero attached hydrogens (tertiary/aromatic N) is 1. The van der Waals surface area contributed by atoms with Crippen molar-refractivity contribution in [3.63, 3.8) is 0 Å². The van der Waals surface area contributed by atoms with Crippen molar-refractivity contribution in [3.05, 3.63) is 33.3 Å². The van der Waals surface area contributed by atoms with Gasteiger partial charge in [-0.1, -0.05) is 16.5 Å². The molecule has 0 saturated heterocycles. The number of nitrogens with one attached hydrogen (secondary N) is 1. The summed E-state index contributed by atoms with van der Waals surface area (Å²) in [6.45, 7) is 4.89. The minimum Gasteiger partial charge on any atom is -0.281 e. The second-order valence-corrected chi connectivity index (χ2v) is 6.72. The Labute approximate surface area is 115 Å². The molecular weight excluding hydrogens is 296 g/mol. The molecule has 1 aromatic rings. The Balaban J connectivity index is 3.18. The number of benzene rings is 1. The number of rotatable bonds is 4. The van der Waals surface area contributed by atoms with Gasteiger partial charge in [0, 0.05) is 11.1 Å². The maximum atomic E-state index is 11.9. The highest BCUT2D eigenvalue weighted by Gasteiger charge is 2.27. The molecule has 19 heavy (non-hydrogen) atoms. The molecule has 0 saturated carbocycles. The lowest BCUT2D eigenvalue weighted by molar-refractivity contribution is -0.387. The second-order valence-electron chi connectivity index (χ2n) is 4.67. The van der Waals surface area contributed by atoms with Gasteiger partial charge < -0.3 is 0 Å². The standard InChI is InChI=1S/C10H13ClN2O5S/c1-10(2,3)18-12-19(16,17)9-5-4-7(11)6-8(9)13(14)15/h4-6,12H,1-3H3. The number of nitro groups is 1. The van der Waals surface area contributed by atoms with Gasteiger partial charge in [-0.05, 0) is 32.9 Å². The predicted octanol–water partition coefficient (Wildman–Crippen LogP) is 2.26. The first-order valence-electron chi connectivity index (χ1n) is 5.17. The molecule has 0 aliphatic rings. The summed E-state index contributed by atoms with van der Waals surface area (Å²) in [5.74, 6) is 0. The van der Waals surface area contributed by atoms with Gasteiger partial charge in [-0.15, -0.1) is 0 Å². The smallest absolute Gasteiger partial charge is 0.281 e. The number of sulfonamides is 1. The van der Waals surface area contributed by atoms with Gasteiger partial charge in [-0.3, -0.25) is 15.0 Å². The average molecular weight is 309 g/mol. The third-order valence-corrected chi connectivity index (χ3v) is 3.33. The molecule has 1 N–H and O–H groups in total. The van der Waals surface area contributed by atoms with E-state index in [0.29, 0.717) is 0 Å². The van der Waals surface area contributed by atoms with E-state index in [9.17, 15) is 18.5 Å². The average Bonchev–Trinajstić information content (AvgIpc) is 2.25. The summed E-state index contributed by atoms with van der Waals surface area (Å²) in [5.41, 5.74) is -1.38. The zero-order chi connectivity index (χ0) is 14.8. The molecule has 0 aliphatic carbocycles. The molecule has 0 unspecified atom stereocenters. The Hall–Kier alpha value is -1.22. The highest BCUT2D eigenvalue weighted by atomic mass is 35.5. The topological polar surface area (TPSA) is 98.5 Å². The summed E-state index contributed by atoms with van der Waals surface area (Å²) in [6.07, 6.45) is 0. The molecule has 1 rings (SSSR count). The molecule has 1 aromatic carbocycles. The Morgan fingerprint density at radius 1 is 1.37 bits per heavy atom. The van der Waals surface area contributed by atoms with Crippen LogP contribution >= 0.6 is 11.6 Å². The quantitative estimate of drug-likeness (QED) is 0.679. The van der Waals surface area contributed by atoms with Crippen molar-refractivity contribution in [2.24, 2.45) is 0 Å². The largest absolute Gasteiger partial charge is 0.290 e. The van der Waals surface area contributed by atoms with E-state index < -0.39 is 31.1 Å².